The number of aliphatic imine (C=N–C) groups is 1. The normalized spacial score (nSPS) is 12.4. The Labute approximate surface area is 118 Å². The zero-order valence-electron chi connectivity index (χ0n) is 11.7. The van der Waals surface area contributed by atoms with E-state index in [-0.39, 0.29) is 0 Å². The van der Waals surface area contributed by atoms with Crippen LogP contribution in [-0.4, -0.2) is 21.9 Å². The van der Waals surface area contributed by atoms with Gasteiger partial charge in [-0.1, -0.05) is 12.6 Å². The van der Waals surface area contributed by atoms with Crippen LogP contribution in [0, 0.1) is 0 Å². The lowest BCUT2D eigenvalue weighted by Gasteiger charge is -2.07. The van der Waals surface area contributed by atoms with Crippen molar-refractivity contribution in [2.24, 2.45) is 10.7 Å². The van der Waals surface area contributed by atoms with Crippen LogP contribution in [0.5, 0.6) is 0 Å². The molecule has 0 bridgehead atoms. The maximum Gasteiger partial charge on any atom is 0.118 e. The number of fused-ring (bicyclic) bond motifs is 1. The number of pyridine rings is 1. The molecule has 0 radical (unpaired) electrons. The van der Waals surface area contributed by atoms with E-state index in [1.807, 2.05) is 38.2 Å². The molecule has 0 amide bonds. The van der Waals surface area contributed by atoms with Gasteiger partial charge in [-0.3, -0.25) is 0 Å². The first-order valence-corrected chi connectivity index (χ1v) is 6.46. The Kier molecular flexibility index (Phi) is 4.20. The molecule has 0 aliphatic carbocycles. The maximum atomic E-state index is 6.06. The lowest BCUT2D eigenvalue weighted by atomic mass is 10.2. The van der Waals surface area contributed by atoms with Crippen LogP contribution in [0.15, 0.2) is 54.1 Å². The fourth-order valence-corrected chi connectivity index (χ4v) is 1.82. The van der Waals surface area contributed by atoms with Gasteiger partial charge in [0.05, 0.1) is 11.7 Å². The van der Waals surface area contributed by atoms with E-state index in [2.05, 4.69) is 22.0 Å². The molecule has 2 aromatic heterocycles. The van der Waals surface area contributed by atoms with Gasteiger partial charge in [-0.2, -0.15) is 5.10 Å². The molecule has 0 aromatic carbocycles. The number of hydrogen-bond acceptors (Lipinski definition) is 4. The number of nitrogens with one attached hydrogen (secondary N) is 1. The second-order valence-electron chi connectivity index (χ2n) is 4.73. The van der Waals surface area contributed by atoms with Crippen molar-refractivity contribution in [3.05, 3.63) is 54.6 Å². The van der Waals surface area contributed by atoms with Crippen molar-refractivity contribution in [3.63, 3.8) is 0 Å². The molecule has 0 fully saturated rings. The molecule has 3 N–H and O–H groups in total. The van der Waals surface area contributed by atoms with Crippen molar-refractivity contribution in [1.82, 2.24) is 14.9 Å². The largest absolute Gasteiger partial charge is 0.398 e. The summed E-state index contributed by atoms with van der Waals surface area (Å²) in [5.74, 6) is 0.615. The van der Waals surface area contributed by atoms with Gasteiger partial charge in [-0.25, -0.2) is 9.51 Å². The summed E-state index contributed by atoms with van der Waals surface area (Å²) in [6.45, 7) is 7.87. The van der Waals surface area contributed by atoms with Crippen LogP contribution in [0.25, 0.3) is 11.2 Å². The lowest BCUT2D eigenvalue weighted by Crippen LogP contribution is -2.20. The number of aromatic nitrogens is 2. The number of allylic oxidation sites excluding steroid dienone is 1. The van der Waals surface area contributed by atoms with Gasteiger partial charge in [0.1, 0.15) is 5.82 Å². The molecule has 0 unspecified atom stereocenters. The van der Waals surface area contributed by atoms with Crippen LogP contribution in [0.3, 0.4) is 0 Å². The van der Waals surface area contributed by atoms with Crippen molar-refractivity contribution in [1.29, 1.82) is 0 Å². The Morgan fingerprint density at radius 3 is 3.05 bits per heavy atom. The molecule has 0 spiro atoms. The molecular formula is C15H19N5. The molecule has 0 aliphatic rings. The van der Waals surface area contributed by atoms with E-state index in [0.717, 1.165) is 11.1 Å². The molecule has 2 heterocycles. The molecule has 20 heavy (non-hydrogen) atoms. The van der Waals surface area contributed by atoms with Crippen molar-refractivity contribution in [2.75, 3.05) is 0 Å². The van der Waals surface area contributed by atoms with Crippen LogP contribution < -0.4 is 11.1 Å². The first-order valence-electron chi connectivity index (χ1n) is 6.46. The average Bonchev–Trinajstić information content (AvgIpc) is 2.81. The summed E-state index contributed by atoms with van der Waals surface area (Å²) in [7, 11) is 0. The number of nitrogens with zero attached hydrogens (tertiary/aromatic N) is 3. The smallest absolute Gasteiger partial charge is 0.118 e. The van der Waals surface area contributed by atoms with Gasteiger partial charge in [0, 0.05) is 29.7 Å². The fraction of sp³-hybridized carbons (Fsp3) is 0.200. The quantitative estimate of drug-likeness (QED) is 0.817. The molecule has 0 aliphatic heterocycles. The third-order valence-electron chi connectivity index (χ3n) is 2.68. The van der Waals surface area contributed by atoms with Crippen LogP contribution in [0.4, 0.5) is 0 Å². The summed E-state index contributed by atoms with van der Waals surface area (Å²) in [6, 6.07) is 6.16. The summed E-state index contributed by atoms with van der Waals surface area (Å²) < 4.78 is 1.78. The van der Waals surface area contributed by atoms with Crippen LogP contribution in [0.2, 0.25) is 0 Å². The zero-order valence-corrected chi connectivity index (χ0v) is 11.7. The fourth-order valence-electron chi connectivity index (χ4n) is 1.82. The first kappa shape index (κ1) is 13.9. The minimum Gasteiger partial charge on any atom is -0.398 e. The number of rotatable bonds is 5. The van der Waals surface area contributed by atoms with Gasteiger partial charge in [0.25, 0.3) is 0 Å². The van der Waals surface area contributed by atoms with Crippen molar-refractivity contribution in [3.8, 4) is 0 Å². The topological polar surface area (TPSA) is 67.7 Å². The minimum atomic E-state index is 0.306. The third kappa shape index (κ3) is 3.26. The highest BCUT2D eigenvalue weighted by atomic mass is 15.2. The highest BCUT2D eigenvalue weighted by molar-refractivity contribution is 5.87. The third-order valence-corrected chi connectivity index (χ3v) is 2.68. The standard InChI is InChI=1S/C15H19N5/c1-11(2)19-12(3)17-8-7-14(16)13-10-18-20-9-5-4-6-15(13)20/h4-11,19H,3,16H2,1-2H3/b14-7-,17-8?. The van der Waals surface area contributed by atoms with Crippen LogP contribution >= 0.6 is 0 Å². The van der Waals surface area contributed by atoms with E-state index in [1.54, 1.807) is 23.0 Å². The molecule has 5 heteroatoms. The first-order chi connectivity index (χ1) is 9.58. The maximum absolute atomic E-state index is 6.06. The Morgan fingerprint density at radius 1 is 1.50 bits per heavy atom. The van der Waals surface area contributed by atoms with Crippen molar-refractivity contribution in [2.45, 2.75) is 19.9 Å². The summed E-state index contributed by atoms with van der Waals surface area (Å²) in [5, 5.41) is 7.35. The Balaban J connectivity index is 2.15. The minimum absolute atomic E-state index is 0.306. The highest BCUT2D eigenvalue weighted by Crippen LogP contribution is 2.15. The molecule has 2 aromatic rings. The summed E-state index contributed by atoms with van der Waals surface area (Å²) in [6.07, 6.45) is 7.02. The second-order valence-corrected chi connectivity index (χ2v) is 4.73. The van der Waals surface area contributed by atoms with Gasteiger partial charge in [-0.15, -0.1) is 0 Å². The molecular weight excluding hydrogens is 250 g/mol. The highest BCUT2D eigenvalue weighted by Gasteiger charge is 2.04. The monoisotopic (exact) mass is 269 g/mol. The zero-order chi connectivity index (χ0) is 14.5. The van der Waals surface area contributed by atoms with E-state index in [0.29, 0.717) is 17.6 Å². The van der Waals surface area contributed by atoms with E-state index < -0.39 is 0 Å². The molecule has 104 valence electrons. The molecule has 0 atom stereocenters. The second kappa shape index (κ2) is 6.06. The van der Waals surface area contributed by atoms with Crippen molar-refractivity contribution < 1.29 is 0 Å². The molecule has 0 saturated carbocycles. The van der Waals surface area contributed by atoms with Gasteiger partial charge < -0.3 is 11.1 Å². The number of hydrogen-bond donors (Lipinski definition) is 2. The Morgan fingerprint density at radius 2 is 2.30 bits per heavy atom. The van der Waals surface area contributed by atoms with Gasteiger partial charge in [0.15, 0.2) is 0 Å². The van der Waals surface area contributed by atoms with E-state index in [4.69, 9.17) is 5.73 Å². The summed E-state index contributed by atoms with van der Waals surface area (Å²) >= 11 is 0. The summed E-state index contributed by atoms with van der Waals surface area (Å²) in [5.41, 5.74) is 8.53. The Bertz CT molecular complexity index is 664. The molecule has 5 nitrogen and oxygen atoms in total. The van der Waals surface area contributed by atoms with Gasteiger partial charge in [-0.05, 0) is 32.1 Å². The van der Waals surface area contributed by atoms with Crippen LogP contribution in [0.1, 0.15) is 19.4 Å². The van der Waals surface area contributed by atoms with Gasteiger partial charge >= 0.3 is 0 Å². The van der Waals surface area contributed by atoms with Gasteiger partial charge in [0.2, 0.25) is 0 Å². The van der Waals surface area contributed by atoms with Crippen LogP contribution in [-0.2, 0) is 0 Å². The average molecular weight is 269 g/mol. The van der Waals surface area contributed by atoms with E-state index in [1.165, 1.54) is 0 Å². The lowest BCUT2D eigenvalue weighted by molar-refractivity contribution is 0.666. The van der Waals surface area contributed by atoms with E-state index >= 15 is 0 Å². The molecule has 2 rings (SSSR count). The summed E-state index contributed by atoms with van der Waals surface area (Å²) in [4.78, 5) is 4.18. The SMILES string of the molecule is C=C(N=C/C=C(\N)c1cnn2ccccc12)NC(C)C. The number of nitrogens with two attached hydrogens (primary N) is 1. The van der Waals surface area contributed by atoms with E-state index in [9.17, 15) is 0 Å². The predicted octanol–water partition coefficient (Wildman–Crippen LogP) is 2.17. The predicted molar refractivity (Wildman–Crippen MR) is 83.3 cm³/mol. The Hall–Kier alpha value is -2.56. The van der Waals surface area contributed by atoms with Crippen molar-refractivity contribution >= 4 is 17.4 Å². The molecule has 0 saturated heterocycles.